The number of amides is 1. The Kier molecular flexibility index (Phi) is 5.35. The van der Waals surface area contributed by atoms with Crippen molar-refractivity contribution in [3.63, 3.8) is 0 Å². The van der Waals surface area contributed by atoms with E-state index in [0.717, 1.165) is 0 Å². The highest BCUT2D eigenvalue weighted by Gasteiger charge is 2.18. The van der Waals surface area contributed by atoms with Crippen molar-refractivity contribution in [3.05, 3.63) is 58.5 Å². The summed E-state index contributed by atoms with van der Waals surface area (Å²) in [6, 6.07) is 4.97. The number of fused-ring (bicyclic) bond motifs is 1. The number of aromatic nitrogens is 3. The second-order valence-electron chi connectivity index (χ2n) is 5.77. The predicted molar refractivity (Wildman–Crippen MR) is 100 cm³/mol. The van der Waals surface area contributed by atoms with E-state index in [-0.39, 0.29) is 18.0 Å². The van der Waals surface area contributed by atoms with Gasteiger partial charge >= 0.3 is 0 Å². The van der Waals surface area contributed by atoms with Crippen LogP contribution >= 0.6 is 0 Å². The van der Waals surface area contributed by atoms with Crippen molar-refractivity contribution in [2.75, 3.05) is 14.2 Å². The van der Waals surface area contributed by atoms with Crippen molar-refractivity contribution in [2.24, 2.45) is 0 Å². The van der Waals surface area contributed by atoms with E-state index in [2.05, 4.69) is 15.3 Å². The first kappa shape index (κ1) is 18.4. The quantitative estimate of drug-likeness (QED) is 0.712. The minimum Gasteiger partial charge on any atom is -0.493 e. The van der Waals surface area contributed by atoms with Gasteiger partial charge in [-0.05, 0) is 25.1 Å². The Bertz CT molecular complexity index is 1030. The molecule has 2 aromatic heterocycles. The second-order valence-corrected chi connectivity index (χ2v) is 5.77. The van der Waals surface area contributed by atoms with Gasteiger partial charge in [-0.3, -0.25) is 9.59 Å². The molecule has 3 rings (SSSR count). The van der Waals surface area contributed by atoms with Crippen LogP contribution in [0.5, 0.6) is 11.5 Å². The summed E-state index contributed by atoms with van der Waals surface area (Å²) in [5.41, 5.74) is 0.869. The zero-order valence-electron chi connectivity index (χ0n) is 15.4. The van der Waals surface area contributed by atoms with Crippen LogP contribution < -0.4 is 20.3 Å². The lowest BCUT2D eigenvalue weighted by molar-refractivity contribution is 0.0951. The molecule has 0 saturated heterocycles. The monoisotopic (exact) mass is 368 g/mol. The average molecular weight is 368 g/mol. The SMILES string of the molecule is CCn1cc(C(=O)NCc2ccncn2)c2cc(OC)c(OC)cc2c1=O. The Morgan fingerprint density at radius 2 is 1.89 bits per heavy atom. The van der Waals surface area contributed by atoms with Crippen LogP contribution in [0.4, 0.5) is 0 Å². The Morgan fingerprint density at radius 1 is 1.19 bits per heavy atom. The van der Waals surface area contributed by atoms with Gasteiger partial charge in [-0.2, -0.15) is 0 Å². The molecule has 1 N–H and O–H groups in total. The summed E-state index contributed by atoms with van der Waals surface area (Å²) in [6.45, 7) is 2.53. The summed E-state index contributed by atoms with van der Waals surface area (Å²) in [6.07, 6.45) is 4.59. The molecule has 140 valence electrons. The highest BCUT2D eigenvalue weighted by Crippen LogP contribution is 2.32. The molecule has 27 heavy (non-hydrogen) atoms. The third kappa shape index (κ3) is 3.59. The smallest absolute Gasteiger partial charge is 0.258 e. The van der Waals surface area contributed by atoms with Gasteiger partial charge < -0.3 is 19.4 Å². The lowest BCUT2D eigenvalue weighted by Gasteiger charge is -2.14. The van der Waals surface area contributed by atoms with Crippen LogP contribution in [0.1, 0.15) is 23.0 Å². The van der Waals surface area contributed by atoms with Gasteiger partial charge in [0.25, 0.3) is 11.5 Å². The molecule has 0 spiro atoms. The van der Waals surface area contributed by atoms with Crippen LogP contribution in [0.15, 0.2) is 41.7 Å². The van der Waals surface area contributed by atoms with Gasteiger partial charge in [-0.15, -0.1) is 0 Å². The van der Waals surface area contributed by atoms with Gasteiger partial charge in [0.1, 0.15) is 6.33 Å². The molecule has 8 heteroatoms. The fourth-order valence-electron chi connectivity index (χ4n) is 2.82. The van der Waals surface area contributed by atoms with Crippen LogP contribution in [0.3, 0.4) is 0 Å². The van der Waals surface area contributed by atoms with Gasteiger partial charge in [-0.1, -0.05) is 0 Å². The lowest BCUT2D eigenvalue weighted by atomic mass is 10.1. The molecule has 0 fully saturated rings. The standard InChI is InChI=1S/C19H20N4O4/c1-4-23-10-15(18(24)21-9-12-5-6-20-11-22-12)13-7-16(26-2)17(27-3)8-14(13)19(23)25/h5-8,10-11H,4,9H2,1-3H3,(H,21,24). The van der Waals surface area contributed by atoms with Gasteiger partial charge in [0.05, 0.1) is 37.4 Å². The maximum absolute atomic E-state index is 12.8. The van der Waals surface area contributed by atoms with Crippen molar-refractivity contribution in [1.82, 2.24) is 19.9 Å². The molecule has 0 saturated carbocycles. The van der Waals surface area contributed by atoms with Crippen LogP contribution in [0.2, 0.25) is 0 Å². The summed E-state index contributed by atoms with van der Waals surface area (Å²) < 4.78 is 12.1. The van der Waals surface area contributed by atoms with Crippen LogP contribution in [-0.2, 0) is 13.1 Å². The highest BCUT2D eigenvalue weighted by molar-refractivity contribution is 6.07. The zero-order valence-corrected chi connectivity index (χ0v) is 15.4. The molecule has 1 amide bonds. The fraction of sp³-hybridized carbons (Fsp3) is 0.263. The fourth-order valence-corrected chi connectivity index (χ4v) is 2.82. The molecule has 0 aliphatic rings. The number of rotatable bonds is 6. The molecule has 2 heterocycles. The van der Waals surface area contributed by atoms with E-state index in [1.165, 1.54) is 25.1 Å². The second kappa shape index (κ2) is 7.86. The van der Waals surface area contributed by atoms with Crippen molar-refractivity contribution in [3.8, 4) is 11.5 Å². The van der Waals surface area contributed by atoms with Crippen LogP contribution in [-0.4, -0.2) is 34.7 Å². The summed E-state index contributed by atoms with van der Waals surface area (Å²) in [4.78, 5) is 33.5. The number of methoxy groups -OCH3 is 2. The molecule has 3 aromatic rings. The molecule has 0 radical (unpaired) electrons. The Balaban J connectivity index is 2.08. The number of ether oxygens (including phenoxy) is 2. The molecule has 8 nitrogen and oxygen atoms in total. The number of aryl methyl sites for hydroxylation is 1. The molecule has 0 aliphatic heterocycles. The summed E-state index contributed by atoms with van der Waals surface area (Å²) >= 11 is 0. The topological polar surface area (TPSA) is 95.3 Å². The largest absolute Gasteiger partial charge is 0.493 e. The first-order valence-corrected chi connectivity index (χ1v) is 8.41. The predicted octanol–water partition coefficient (Wildman–Crippen LogP) is 1.76. The number of pyridine rings is 1. The number of carbonyl (C=O) groups is 1. The number of benzene rings is 1. The number of hydrogen-bond acceptors (Lipinski definition) is 6. The Morgan fingerprint density at radius 3 is 2.48 bits per heavy atom. The van der Waals surface area contributed by atoms with Crippen molar-refractivity contribution < 1.29 is 14.3 Å². The first-order chi connectivity index (χ1) is 13.1. The number of carbonyl (C=O) groups excluding carboxylic acids is 1. The van der Waals surface area contributed by atoms with Crippen molar-refractivity contribution in [2.45, 2.75) is 20.0 Å². The summed E-state index contributed by atoms with van der Waals surface area (Å²) in [5.74, 6) is 0.569. The normalized spacial score (nSPS) is 10.6. The summed E-state index contributed by atoms with van der Waals surface area (Å²) in [5, 5.41) is 3.72. The van der Waals surface area contributed by atoms with E-state index in [1.54, 1.807) is 30.6 Å². The number of nitrogens with zero attached hydrogens (tertiary/aromatic N) is 3. The minimum absolute atomic E-state index is 0.194. The van der Waals surface area contributed by atoms with Crippen LogP contribution in [0.25, 0.3) is 10.8 Å². The Labute approximate surface area is 155 Å². The van der Waals surface area contributed by atoms with E-state index in [0.29, 0.717) is 40.1 Å². The summed E-state index contributed by atoms with van der Waals surface area (Å²) in [7, 11) is 3.01. The molecule has 0 atom stereocenters. The van der Waals surface area contributed by atoms with E-state index >= 15 is 0 Å². The van der Waals surface area contributed by atoms with Crippen molar-refractivity contribution >= 4 is 16.7 Å². The van der Waals surface area contributed by atoms with E-state index in [4.69, 9.17) is 9.47 Å². The van der Waals surface area contributed by atoms with E-state index < -0.39 is 0 Å². The van der Waals surface area contributed by atoms with Gasteiger partial charge in [0.15, 0.2) is 11.5 Å². The Hall–Kier alpha value is -3.42. The van der Waals surface area contributed by atoms with E-state index in [9.17, 15) is 9.59 Å². The van der Waals surface area contributed by atoms with Gasteiger partial charge in [0.2, 0.25) is 0 Å². The first-order valence-electron chi connectivity index (χ1n) is 8.41. The minimum atomic E-state index is -0.312. The van der Waals surface area contributed by atoms with E-state index in [1.807, 2.05) is 6.92 Å². The maximum atomic E-state index is 12.8. The molecular weight excluding hydrogens is 348 g/mol. The number of nitrogens with one attached hydrogen (secondary N) is 1. The van der Waals surface area contributed by atoms with Crippen molar-refractivity contribution in [1.29, 1.82) is 0 Å². The maximum Gasteiger partial charge on any atom is 0.258 e. The lowest BCUT2D eigenvalue weighted by Crippen LogP contribution is -2.27. The van der Waals surface area contributed by atoms with Gasteiger partial charge in [0, 0.05) is 24.3 Å². The third-order valence-corrected chi connectivity index (χ3v) is 4.25. The van der Waals surface area contributed by atoms with Crippen LogP contribution in [0, 0.1) is 0 Å². The molecule has 0 aliphatic carbocycles. The molecular formula is C19H20N4O4. The molecule has 0 unspecified atom stereocenters. The molecule has 1 aromatic carbocycles. The third-order valence-electron chi connectivity index (χ3n) is 4.25. The zero-order chi connectivity index (χ0) is 19.4. The molecule has 0 bridgehead atoms. The van der Waals surface area contributed by atoms with Gasteiger partial charge in [-0.25, -0.2) is 9.97 Å². The average Bonchev–Trinajstić information content (AvgIpc) is 2.72. The number of hydrogen-bond donors (Lipinski definition) is 1. The highest BCUT2D eigenvalue weighted by atomic mass is 16.5.